The number of hydrogen-bond acceptors (Lipinski definition) is 4. The minimum Gasteiger partial charge on any atom is -0.495 e. The molecule has 0 bridgehead atoms. The topological polar surface area (TPSA) is 47.0 Å². The average Bonchev–Trinajstić information content (AvgIpc) is 2.38. The second kappa shape index (κ2) is 5.11. The van der Waals surface area contributed by atoms with Crippen molar-refractivity contribution in [3.05, 3.63) is 48.5 Å². The Hall–Kier alpha value is -2.10. The quantitative estimate of drug-likeness (QED) is 0.848. The highest BCUT2D eigenvalue weighted by Crippen LogP contribution is 2.23. The summed E-state index contributed by atoms with van der Waals surface area (Å²) in [4.78, 5) is 7.91. The number of benzene rings is 1. The summed E-state index contributed by atoms with van der Waals surface area (Å²) < 4.78 is 5.24. The van der Waals surface area contributed by atoms with Crippen LogP contribution in [0.2, 0.25) is 0 Å². The molecule has 4 nitrogen and oxygen atoms in total. The Morgan fingerprint density at radius 2 is 1.94 bits per heavy atom. The molecular formula is C12H13N3O. The summed E-state index contributed by atoms with van der Waals surface area (Å²) in [7, 11) is 1.66. The van der Waals surface area contributed by atoms with Gasteiger partial charge in [-0.3, -0.25) is 0 Å². The van der Waals surface area contributed by atoms with Crippen LogP contribution in [0, 0.1) is 0 Å². The third kappa shape index (κ3) is 2.48. The van der Waals surface area contributed by atoms with Crippen LogP contribution < -0.4 is 10.1 Å². The minimum atomic E-state index is 0.682. The zero-order chi connectivity index (χ0) is 11.2. The lowest BCUT2D eigenvalue weighted by atomic mass is 10.2. The van der Waals surface area contributed by atoms with Crippen LogP contribution in [-0.4, -0.2) is 17.1 Å². The molecule has 1 heterocycles. The van der Waals surface area contributed by atoms with Crippen molar-refractivity contribution in [3.63, 3.8) is 0 Å². The van der Waals surface area contributed by atoms with Gasteiger partial charge in [0.1, 0.15) is 12.1 Å². The number of hydrogen-bond donors (Lipinski definition) is 1. The Labute approximate surface area is 94.3 Å². The van der Waals surface area contributed by atoms with Gasteiger partial charge in [0, 0.05) is 24.5 Å². The number of methoxy groups -OCH3 is 1. The van der Waals surface area contributed by atoms with Crippen LogP contribution in [0.25, 0.3) is 0 Å². The van der Waals surface area contributed by atoms with E-state index in [1.165, 1.54) is 6.33 Å². The summed E-state index contributed by atoms with van der Waals surface area (Å²) >= 11 is 0. The predicted octanol–water partition coefficient (Wildman–Crippen LogP) is 2.10. The zero-order valence-electron chi connectivity index (χ0n) is 9.05. The molecule has 0 unspecified atom stereocenters. The Balaban J connectivity index is 2.05. The van der Waals surface area contributed by atoms with Crippen molar-refractivity contribution in [3.8, 4) is 5.75 Å². The molecule has 16 heavy (non-hydrogen) atoms. The van der Waals surface area contributed by atoms with Gasteiger partial charge in [-0.2, -0.15) is 0 Å². The standard InChI is InChI=1S/C12H13N3O/c1-16-12-5-3-2-4-11(12)15-8-10-6-13-9-14-7-10/h2-7,9,15H,8H2,1H3. The Morgan fingerprint density at radius 1 is 1.19 bits per heavy atom. The fraction of sp³-hybridized carbons (Fsp3) is 0.167. The highest BCUT2D eigenvalue weighted by molar-refractivity contribution is 5.56. The van der Waals surface area contributed by atoms with Crippen molar-refractivity contribution < 1.29 is 4.74 Å². The normalized spacial score (nSPS) is 9.81. The molecule has 0 atom stereocenters. The molecule has 0 radical (unpaired) electrons. The number of nitrogens with one attached hydrogen (secondary N) is 1. The van der Waals surface area contributed by atoms with Gasteiger partial charge in [-0.05, 0) is 12.1 Å². The fourth-order valence-corrected chi connectivity index (χ4v) is 1.41. The van der Waals surface area contributed by atoms with Gasteiger partial charge in [0.15, 0.2) is 0 Å². The van der Waals surface area contributed by atoms with Crippen LogP contribution in [0.4, 0.5) is 5.69 Å². The molecule has 0 saturated carbocycles. The molecule has 0 aliphatic rings. The first kappa shape index (κ1) is 10.4. The van der Waals surface area contributed by atoms with Crippen molar-refractivity contribution in [1.82, 2.24) is 9.97 Å². The van der Waals surface area contributed by atoms with Gasteiger partial charge in [0.2, 0.25) is 0 Å². The van der Waals surface area contributed by atoms with Gasteiger partial charge in [-0.15, -0.1) is 0 Å². The highest BCUT2D eigenvalue weighted by Gasteiger charge is 2.00. The average molecular weight is 215 g/mol. The Kier molecular flexibility index (Phi) is 3.33. The summed E-state index contributed by atoms with van der Waals surface area (Å²) in [5.74, 6) is 0.833. The maximum Gasteiger partial charge on any atom is 0.141 e. The molecule has 2 aromatic rings. The second-order valence-corrected chi connectivity index (χ2v) is 3.30. The molecule has 0 aliphatic carbocycles. The summed E-state index contributed by atoms with van der Waals surface area (Å²) in [5.41, 5.74) is 2.00. The molecule has 0 aliphatic heterocycles. The van der Waals surface area contributed by atoms with Gasteiger partial charge in [-0.1, -0.05) is 12.1 Å². The Morgan fingerprint density at radius 3 is 2.69 bits per heavy atom. The maximum absolute atomic E-state index is 5.24. The van der Waals surface area contributed by atoms with Crippen LogP contribution in [0.3, 0.4) is 0 Å². The number of rotatable bonds is 4. The number of ether oxygens (including phenoxy) is 1. The van der Waals surface area contributed by atoms with Crippen LogP contribution in [0.1, 0.15) is 5.56 Å². The van der Waals surface area contributed by atoms with E-state index in [2.05, 4.69) is 15.3 Å². The lowest BCUT2D eigenvalue weighted by Crippen LogP contribution is -2.01. The van der Waals surface area contributed by atoms with E-state index in [4.69, 9.17) is 4.74 Å². The molecule has 1 N–H and O–H groups in total. The molecule has 0 saturated heterocycles. The predicted molar refractivity (Wildman–Crippen MR) is 62.4 cm³/mol. The van der Waals surface area contributed by atoms with E-state index in [-0.39, 0.29) is 0 Å². The van der Waals surface area contributed by atoms with Gasteiger partial charge < -0.3 is 10.1 Å². The molecule has 0 spiro atoms. The Bertz CT molecular complexity index is 445. The van der Waals surface area contributed by atoms with Gasteiger partial charge in [-0.25, -0.2) is 9.97 Å². The summed E-state index contributed by atoms with van der Waals surface area (Å²) in [5, 5.41) is 3.28. The van der Waals surface area contributed by atoms with Crippen molar-refractivity contribution in [2.75, 3.05) is 12.4 Å². The third-order valence-electron chi connectivity index (χ3n) is 2.20. The fourth-order valence-electron chi connectivity index (χ4n) is 1.41. The highest BCUT2D eigenvalue weighted by atomic mass is 16.5. The SMILES string of the molecule is COc1ccccc1NCc1cncnc1. The first-order valence-corrected chi connectivity index (χ1v) is 5.01. The largest absolute Gasteiger partial charge is 0.495 e. The molecule has 2 rings (SSSR count). The van der Waals surface area contributed by atoms with Gasteiger partial charge in [0.05, 0.1) is 12.8 Å². The number of nitrogens with zero attached hydrogens (tertiary/aromatic N) is 2. The first-order valence-electron chi connectivity index (χ1n) is 5.01. The van der Waals surface area contributed by atoms with Gasteiger partial charge >= 0.3 is 0 Å². The summed E-state index contributed by atoms with van der Waals surface area (Å²) in [6.07, 6.45) is 5.09. The van der Waals surface area contributed by atoms with Crippen molar-refractivity contribution in [2.45, 2.75) is 6.54 Å². The third-order valence-corrected chi connectivity index (χ3v) is 2.20. The molecular weight excluding hydrogens is 202 g/mol. The molecule has 82 valence electrons. The van der Waals surface area contributed by atoms with Crippen LogP contribution in [-0.2, 0) is 6.54 Å². The number of para-hydroxylation sites is 2. The van der Waals surface area contributed by atoms with Crippen molar-refractivity contribution >= 4 is 5.69 Å². The van der Waals surface area contributed by atoms with Crippen LogP contribution >= 0.6 is 0 Å². The van der Waals surface area contributed by atoms with Crippen LogP contribution in [0.15, 0.2) is 43.0 Å². The second-order valence-electron chi connectivity index (χ2n) is 3.30. The first-order chi connectivity index (χ1) is 7.90. The van der Waals surface area contributed by atoms with E-state index < -0.39 is 0 Å². The number of anilines is 1. The summed E-state index contributed by atoms with van der Waals surface area (Å²) in [6, 6.07) is 7.80. The van der Waals surface area contributed by atoms with E-state index >= 15 is 0 Å². The number of aromatic nitrogens is 2. The maximum atomic E-state index is 5.24. The molecule has 1 aromatic heterocycles. The lowest BCUT2D eigenvalue weighted by Gasteiger charge is -2.10. The minimum absolute atomic E-state index is 0.682. The van der Waals surface area contributed by atoms with E-state index in [9.17, 15) is 0 Å². The van der Waals surface area contributed by atoms with E-state index in [1.807, 2.05) is 24.3 Å². The van der Waals surface area contributed by atoms with E-state index in [0.29, 0.717) is 6.54 Å². The molecule has 4 heteroatoms. The molecule has 0 fully saturated rings. The van der Waals surface area contributed by atoms with E-state index in [0.717, 1.165) is 17.0 Å². The van der Waals surface area contributed by atoms with Gasteiger partial charge in [0.25, 0.3) is 0 Å². The summed E-state index contributed by atoms with van der Waals surface area (Å²) in [6.45, 7) is 0.682. The van der Waals surface area contributed by atoms with Crippen molar-refractivity contribution in [1.29, 1.82) is 0 Å². The van der Waals surface area contributed by atoms with E-state index in [1.54, 1.807) is 19.5 Å². The smallest absolute Gasteiger partial charge is 0.141 e. The molecule has 0 amide bonds. The zero-order valence-corrected chi connectivity index (χ0v) is 9.05. The molecule has 1 aromatic carbocycles. The monoisotopic (exact) mass is 215 g/mol. The lowest BCUT2D eigenvalue weighted by molar-refractivity contribution is 0.416. The van der Waals surface area contributed by atoms with Crippen LogP contribution in [0.5, 0.6) is 5.75 Å². The van der Waals surface area contributed by atoms with Crippen molar-refractivity contribution in [2.24, 2.45) is 0 Å².